The molecule has 0 saturated heterocycles. The zero-order valence-corrected chi connectivity index (χ0v) is 8.13. The molecule has 7 heteroatoms. The van der Waals surface area contributed by atoms with E-state index in [1.54, 1.807) is 0 Å². The van der Waals surface area contributed by atoms with Crippen LogP contribution in [0.3, 0.4) is 0 Å². The number of H-pyrrole nitrogens is 1. The maximum Gasteiger partial charge on any atom is 0.211 e. The van der Waals surface area contributed by atoms with E-state index in [-0.39, 0.29) is 12.3 Å². The summed E-state index contributed by atoms with van der Waals surface area (Å²) >= 11 is 0. The second kappa shape index (κ2) is 4.33. The molecule has 1 aromatic rings. The lowest BCUT2D eigenvalue weighted by atomic mass is 10.6. The summed E-state index contributed by atoms with van der Waals surface area (Å²) in [5.41, 5.74) is 0. The first kappa shape index (κ1) is 10.1. The van der Waals surface area contributed by atoms with E-state index in [2.05, 4.69) is 19.9 Å². The lowest BCUT2D eigenvalue weighted by Crippen LogP contribution is -2.26. The molecule has 2 N–H and O–H groups in total. The normalized spacial score (nSPS) is 11.8. The molecule has 1 rings (SSSR count). The zero-order valence-electron chi connectivity index (χ0n) is 7.32. The second-order valence-electron chi connectivity index (χ2n) is 2.57. The molecule has 0 aliphatic heterocycles. The minimum Gasteiger partial charge on any atom is -0.262 e. The third-order valence-electron chi connectivity index (χ3n) is 1.40. The van der Waals surface area contributed by atoms with E-state index in [1.807, 2.05) is 6.92 Å². The minimum atomic E-state index is -3.15. The predicted octanol–water partition coefficient (Wildman–Crippen LogP) is -0.366. The molecule has 0 radical (unpaired) electrons. The van der Waals surface area contributed by atoms with Crippen molar-refractivity contribution in [1.82, 2.24) is 19.9 Å². The summed E-state index contributed by atoms with van der Waals surface area (Å²) in [4.78, 5) is 3.79. The van der Waals surface area contributed by atoms with Crippen molar-refractivity contribution in [3.63, 3.8) is 0 Å². The maximum absolute atomic E-state index is 11.2. The number of nitrogens with zero attached hydrogens (tertiary/aromatic N) is 2. The predicted molar refractivity (Wildman–Crippen MR) is 47.3 cm³/mol. The number of nitrogens with one attached hydrogen (secondary N) is 2. The van der Waals surface area contributed by atoms with Crippen LogP contribution in [0.15, 0.2) is 6.33 Å². The van der Waals surface area contributed by atoms with Crippen molar-refractivity contribution in [1.29, 1.82) is 0 Å². The van der Waals surface area contributed by atoms with Gasteiger partial charge in [0.1, 0.15) is 12.2 Å². The van der Waals surface area contributed by atoms with E-state index in [4.69, 9.17) is 0 Å². The molecule has 0 bridgehead atoms. The van der Waals surface area contributed by atoms with Crippen molar-refractivity contribution in [2.75, 3.05) is 5.75 Å². The summed E-state index contributed by atoms with van der Waals surface area (Å²) in [5, 5.41) is 6.16. The molecule has 0 unspecified atom stereocenters. The maximum atomic E-state index is 11.2. The highest BCUT2D eigenvalue weighted by molar-refractivity contribution is 7.89. The molecular weight excluding hydrogens is 192 g/mol. The third kappa shape index (κ3) is 3.51. The largest absolute Gasteiger partial charge is 0.262 e. The van der Waals surface area contributed by atoms with Gasteiger partial charge in [-0.25, -0.2) is 18.1 Å². The van der Waals surface area contributed by atoms with Crippen molar-refractivity contribution in [2.24, 2.45) is 0 Å². The highest BCUT2D eigenvalue weighted by atomic mass is 32.2. The quantitative estimate of drug-likeness (QED) is 0.685. The fourth-order valence-electron chi connectivity index (χ4n) is 0.835. The summed E-state index contributed by atoms with van der Waals surface area (Å²) in [7, 11) is -3.15. The average Bonchev–Trinajstić information content (AvgIpc) is 2.52. The van der Waals surface area contributed by atoms with Crippen molar-refractivity contribution in [3.05, 3.63) is 12.2 Å². The molecule has 0 amide bonds. The number of aromatic nitrogens is 3. The van der Waals surface area contributed by atoms with E-state index in [0.717, 1.165) is 0 Å². The second-order valence-corrected chi connectivity index (χ2v) is 4.50. The van der Waals surface area contributed by atoms with E-state index < -0.39 is 10.0 Å². The topological polar surface area (TPSA) is 87.7 Å². The fourth-order valence-corrected chi connectivity index (χ4v) is 1.87. The van der Waals surface area contributed by atoms with Crippen LogP contribution in [0.4, 0.5) is 0 Å². The van der Waals surface area contributed by atoms with Gasteiger partial charge in [-0.05, 0) is 6.42 Å². The SMILES string of the molecule is CCCS(=O)(=O)NCc1ncn[nH]1. The first-order valence-electron chi connectivity index (χ1n) is 3.95. The number of sulfonamides is 1. The Bertz CT molecular complexity index is 332. The summed E-state index contributed by atoms with van der Waals surface area (Å²) in [5.74, 6) is 0.654. The number of aromatic amines is 1. The highest BCUT2D eigenvalue weighted by Gasteiger charge is 2.08. The minimum absolute atomic E-state index is 0.140. The van der Waals surface area contributed by atoms with Crippen molar-refractivity contribution in [3.8, 4) is 0 Å². The van der Waals surface area contributed by atoms with Crippen LogP contribution in [0.5, 0.6) is 0 Å². The van der Waals surface area contributed by atoms with Gasteiger partial charge in [-0.3, -0.25) is 5.10 Å². The number of hydrogen-bond donors (Lipinski definition) is 2. The molecule has 1 heterocycles. The molecule has 6 nitrogen and oxygen atoms in total. The lowest BCUT2D eigenvalue weighted by Gasteiger charge is -2.01. The number of hydrogen-bond acceptors (Lipinski definition) is 4. The lowest BCUT2D eigenvalue weighted by molar-refractivity contribution is 0.578. The van der Waals surface area contributed by atoms with Gasteiger partial charge in [-0.2, -0.15) is 5.10 Å². The summed E-state index contributed by atoms with van der Waals surface area (Å²) in [6.45, 7) is 1.98. The molecule has 0 aromatic carbocycles. The fraction of sp³-hybridized carbons (Fsp3) is 0.667. The van der Waals surface area contributed by atoms with Gasteiger partial charge in [0.25, 0.3) is 0 Å². The standard InChI is InChI=1S/C6H12N4O2S/c1-2-3-13(11,12)9-4-6-7-5-8-10-6/h5,9H,2-4H2,1H3,(H,7,8,10). The first-order chi connectivity index (χ1) is 6.14. The summed E-state index contributed by atoms with van der Waals surface area (Å²) < 4.78 is 24.7. The Morgan fingerprint density at radius 1 is 1.62 bits per heavy atom. The molecule has 0 spiro atoms. The van der Waals surface area contributed by atoms with Gasteiger partial charge in [-0.15, -0.1) is 0 Å². The molecule has 74 valence electrons. The van der Waals surface area contributed by atoms with Gasteiger partial charge in [0.05, 0.1) is 12.3 Å². The first-order valence-corrected chi connectivity index (χ1v) is 5.61. The third-order valence-corrected chi connectivity index (χ3v) is 2.93. The van der Waals surface area contributed by atoms with Gasteiger partial charge in [0.15, 0.2) is 0 Å². The van der Waals surface area contributed by atoms with E-state index in [9.17, 15) is 8.42 Å². The Balaban J connectivity index is 2.43. The van der Waals surface area contributed by atoms with Crippen LogP contribution >= 0.6 is 0 Å². The van der Waals surface area contributed by atoms with Gasteiger partial charge in [0, 0.05) is 0 Å². The Labute approximate surface area is 76.8 Å². The van der Waals surface area contributed by atoms with E-state index >= 15 is 0 Å². The van der Waals surface area contributed by atoms with Crippen LogP contribution in [-0.2, 0) is 16.6 Å². The van der Waals surface area contributed by atoms with E-state index in [1.165, 1.54) is 6.33 Å². The molecule has 13 heavy (non-hydrogen) atoms. The average molecular weight is 204 g/mol. The monoisotopic (exact) mass is 204 g/mol. The molecule has 0 saturated carbocycles. The summed E-state index contributed by atoms with van der Waals surface area (Å²) in [6, 6.07) is 0. The van der Waals surface area contributed by atoms with Gasteiger partial charge in [0.2, 0.25) is 10.0 Å². The zero-order chi connectivity index (χ0) is 9.73. The van der Waals surface area contributed by atoms with Crippen molar-refractivity contribution < 1.29 is 8.42 Å². The number of rotatable bonds is 5. The van der Waals surface area contributed by atoms with Crippen LogP contribution in [0, 0.1) is 0 Å². The smallest absolute Gasteiger partial charge is 0.211 e. The van der Waals surface area contributed by atoms with Crippen LogP contribution in [0.1, 0.15) is 19.2 Å². The van der Waals surface area contributed by atoms with Crippen LogP contribution < -0.4 is 4.72 Å². The Morgan fingerprint density at radius 2 is 2.38 bits per heavy atom. The molecule has 0 atom stereocenters. The van der Waals surface area contributed by atoms with Crippen molar-refractivity contribution in [2.45, 2.75) is 19.9 Å². The Hall–Kier alpha value is -0.950. The van der Waals surface area contributed by atoms with Gasteiger partial charge in [-0.1, -0.05) is 6.92 Å². The molecule has 0 fully saturated rings. The Kier molecular flexibility index (Phi) is 3.38. The van der Waals surface area contributed by atoms with Crippen LogP contribution in [0.25, 0.3) is 0 Å². The van der Waals surface area contributed by atoms with Crippen molar-refractivity contribution >= 4 is 10.0 Å². The summed E-state index contributed by atoms with van der Waals surface area (Å²) in [6.07, 6.45) is 1.94. The molecule has 0 aliphatic carbocycles. The molecular formula is C6H12N4O2S. The van der Waals surface area contributed by atoms with Gasteiger partial charge >= 0.3 is 0 Å². The molecule has 1 aromatic heterocycles. The van der Waals surface area contributed by atoms with Crippen LogP contribution in [0.2, 0.25) is 0 Å². The Morgan fingerprint density at radius 3 is 2.92 bits per heavy atom. The highest BCUT2D eigenvalue weighted by Crippen LogP contribution is 1.91. The van der Waals surface area contributed by atoms with E-state index in [0.29, 0.717) is 12.2 Å². The molecule has 0 aliphatic rings. The van der Waals surface area contributed by atoms with Crippen LogP contribution in [-0.4, -0.2) is 29.4 Å². The van der Waals surface area contributed by atoms with Gasteiger partial charge < -0.3 is 0 Å².